The minimum Gasteiger partial charge on any atom is -0.389 e. The van der Waals surface area contributed by atoms with Gasteiger partial charge < -0.3 is 5.11 Å². The van der Waals surface area contributed by atoms with Crippen molar-refractivity contribution in [2.24, 2.45) is 0 Å². The summed E-state index contributed by atoms with van der Waals surface area (Å²) in [5.74, 6) is -26.6. The van der Waals surface area contributed by atoms with Crippen molar-refractivity contribution in [1.82, 2.24) is 0 Å². The van der Waals surface area contributed by atoms with Crippen molar-refractivity contribution in [2.45, 2.75) is 49.1 Å². The van der Waals surface area contributed by atoms with Crippen LogP contribution >= 0.6 is 0 Å². The van der Waals surface area contributed by atoms with E-state index in [-0.39, 0.29) is 12.1 Å². The maximum Gasteiger partial charge on any atom is 0.460 e. The van der Waals surface area contributed by atoms with E-state index in [1.165, 1.54) is 0 Å². The fraction of sp³-hybridized carbons (Fsp3) is 0.571. The van der Waals surface area contributed by atoms with Gasteiger partial charge in [-0.05, 0) is 18.6 Å². The van der Waals surface area contributed by atoms with Crippen LogP contribution in [0, 0.1) is 0 Å². The fourth-order valence-electron chi connectivity index (χ4n) is 2.09. The molecule has 0 spiro atoms. The molecule has 1 aromatic carbocycles. The van der Waals surface area contributed by atoms with E-state index in [1.807, 2.05) is 0 Å². The van der Waals surface area contributed by atoms with Gasteiger partial charge in [0.05, 0.1) is 6.10 Å². The second-order valence-corrected chi connectivity index (χ2v) is 5.77. The molecule has 1 aromatic rings. The molecule has 29 heavy (non-hydrogen) atoms. The summed E-state index contributed by atoms with van der Waals surface area (Å²) in [6.07, 6.45) is -16.2. The molecule has 0 aliphatic carbocycles. The highest BCUT2D eigenvalue weighted by Crippen LogP contribution is 2.56. The number of aliphatic hydroxyl groups excluding tert-OH is 1. The molecule has 1 N–H and O–H groups in total. The van der Waals surface area contributed by atoms with Crippen LogP contribution in [0.25, 0.3) is 0 Å². The van der Waals surface area contributed by atoms with Crippen LogP contribution in [0.3, 0.4) is 0 Å². The van der Waals surface area contributed by atoms with E-state index in [2.05, 4.69) is 0 Å². The van der Waals surface area contributed by atoms with Gasteiger partial charge in [0.1, 0.15) is 0 Å². The molecule has 15 heteroatoms. The first-order chi connectivity index (χ1) is 12.5. The van der Waals surface area contributed by atoms with Crippen LogP contribution in [0.4, 0.5) is 61.5 Å². The van der Waals surface area contributed by atoms with Gasteiger partial charge in [0.15, 0.2) is 0 Å². The molecule has 0 amide bonds. The standard InChI is InChI=1S/C14H8F14O/c1-5(29)7-3-2-6(9(15,16)11(19,20)13(23,24)25)4-8(7)10(17,18)12(21,22)14(26,27)28/h2-5,29H,1H3. The van der Waals surface area contributed by atoms with Gasteiger partial charge in [0, 0.05) is 11.1 Å². The molecular weight excluding hydrogens is 450 g/mol. The Morgan fingerprint density at radius 1 is 0.655 bits per heavy atom. The maximum absolute atomic E-state index is 13.9. The largest absolute Gasteiger partial charge is 0.460 e. The Bertz CT molecular complexity index is 744. The van der Waals surface area contributed by atoms with Crippen molar-refractivity contribution in [3.8, 4) is 0 Å². The van der Waals surface area contributed by atoms with Gasteiger partial charge in [0.25, 0.3) is 0 Å². The topological polar surface area (TPSA) is 20.2 Å². The Balaban J connectivity index is 3.83. The molecule has 0 aliphatic rings. The van der Waals surface area contributed by atoms with Crippen molar-refractivity contribution in [1.29, 1.82) is 0 Å². The zero-order chi connectivity index (χ0) is 23.4. The number of benzene rings is 1. The number of halogens is 14. The molecule has 0 saturated carbocycles. The number of hydrogen-bond donors (Lipinski definition) is 1. The van der Waals surface area contributed by atoms with Crippen molar-refractivity contribution in [3.63, 3.8) is 0 Å². The molecule has 1 unspecified atom stereocenters. The lowest BCUT2D eigenvalue weighted by Gasteiger charge is -2.32. The Hall–Kier alpha value is -1.80. The highest BCUT2D eigenvalue weighted by atomic mass is 19.4. The Kier molecular flexibility index (Phi) is 5.98. The average molecular weight is 458 g/mol. The molecule has 1 atom stereocenters. The molecule has 0 aromatic heterocycles. The third-order valence-electron chi connectivity index (χ3n) is 3.70. The maximum atomic E-state index is 13.9. The third kappa shape index (κ3) is 3.84. The van der Waals surface area contributed by atoms with Crippen LogP contribution in [-0.4, -0.2) is 29.3 Å². The number of alkyl halides is 14. The first-order valence-corrected chi connectivity index (χ1v) is 7.01. The summed E-state index contributed by atoms with van der Waals surface area (Å²) >= 11 is 0. The molecule has 0 saturated heterocycles. The first kappa shape index (κ1) is 25.2. The molecule has 0 heterocycles. The minimum absolute atomic E-state index is 0.184. The molecule has 0 radical (unpaired) electrons. The molecule has 168 valence electrons. The fourth-order valence-corrected chi connectivity index (χ4v) is 2.09. The number of hydrogen-bond acceptors (Lipinski definition) is 1. The summed E-state index contributed by atoms with van der Waals surface area (Å²) in [5.41, 5.74) is -6.87. The van der Waals surface area contributed by atoms with Gasteiger partial charge in [0.2, 0.25) is 0 Å². The van der Waals surface area contributed by atoms with E-state index < -0.39 is 64.9 Å². The monoisotopic (exact) mass is 458 g/mol. The normalized spacial score (nSPS) is 16.1. The summed E-state index contributed by atoms with van der Waals surface area (Å²) in [4.78, 5) is 0. The van der Waals surface area contributed by atoms with E-state index in [0.717, 1.165) is 0 Å². The summed E-state index contributed by atoms with van der Waals surface area (Å²) in [6.45, 7) is 0.517. The van der Waals surface area contributed by atoms with Gasteiger partial charge in [-0.1, -0.05) is 12.1 Å². The van der Waals surface area contributed by atoms with E-state index in [0.29, 0.717) is 6.92 Å². The van der Waals surface area contributed by atoms with Crippen LogP contribution in [0.2, 0.25) is 0 Å². The van der Waals surface area contributed by atoms with Crippen molar-refractivity contribution < 1.29 is 66.6 Å². The number of aliphatic hydroxyl groups is 1. The van der Waals surface area contributed by atoms with Crippen molar-refractivity contribution in [2.75, 3.05) is 0 Å². The second-order valence-electron chi connectivity index (χ2n) is 5.77. The first-order valence-electron chi connectivity index (χ1n) is 7.01. The highest BCUT2D eigenvalue weighted by molar-refractivity contribution is 5.40. The summed E-state index contributed by atoms with van der Waals surface area (Å²) in [6, 6.07) is -1.58. The third-order valence-corrected chi connectivity index (χ3v) is 3.70. The van der Waals surface area contributed by atoms with Crippen LogP contribution in [0.1, 0.15) is 29.7 Å². The summed E-state index contributed by atoms with van der Waals surface area (Å²) in [7, 11) is 0. The predicted octanol–water partition coefficient (Wildman–Crippen LogP) is 6.32. The van der Waals surface area contributed by atoms with Crippen LogP contribution in [-0.2, 0) is 11.8 Å². The molecule has 0 aliphatic heterocycles. The smallest absolute Gasteiger partial charge is 0.389 e. The average Bonchev–Trinajstić information content (AvgIpc) is 2.51. The van der Waals surface area contributed by atoms with Crippen LogP contribution < -0.4 is 0 Å². The van der Waals surface area contributed by atoms with E-state index in [4.69, 9.17) is 0 Å². The molecule has 0 bridgehead atoms. The van der Waals surface area contributed by atoms with Crippen molar-refractivity contribution >= 4 is 0 Å². The zero-order valence-electron chi connectivity index (χ0n) is 13.5. The highest BCUT2D eigenvalue weighted by Gasteiger charge is 2.75. The van der Waals surface area contributed by atoms with Crippen molar-refractivity contribution in [3.05, 3.63) is 34.9 Å². The molecule has 1 rings (SSSR count). The molecular formula is C14H8F14O. The predicted molar refractivity (Wildman–Crippen MR) is 66.9 cm³/mol. The van der Waals surface area contributed by atoms with Gasteiger partial charge in [-0.2, -0.15) is 61.5 Å². The molecule has 0 fully saturated rings. The van der Waals surface area contributed by atoms with E-state index in [1.54, 1.807) is 0 Å². The van der Waals surface area contributed by atoms with Crippen LogP contribution in [0.5, 0.6) is 0 Å². The van der Waals surface area contributed by atoms with E-state index in [9.17, 15) is 66.6 Å². The molecule has 1 nitrogen and oxygen atoms in total. The Morgan fingerprint density at radius 3 is 1.38 bits per heavy atom. The lowest BCUT2D eigenvalue weighted by atomic mass is 9.89. The lowest BCUT2D eigenvalue weighted by molar-refractivity contribution is -0.361. The van der Waals surface area contributed by atoms with Gasteiger partial charge >= 0.3 is 36.0 Å². The minimum atomic E-state index is -6.97. The second kappa shape index (κ2) is 6.87. The zero-order valence-corrected chi connectivity index (χ0v) is 13.5. The van der Waals surface area contributed by atoms with Gasteiger partial charge in [-0.25, -0.2) is 0 Å². The van der Waals surface area contributed by atoms with Gasteiger partial charge in [-0.15, -0.1) is 0 Å². The lowest BCUT2D eigenvalue weighted by Crippen LogP contribution is -2.51. The Labute approximate surface area is 151 Å². The summed E-state index contributed by atoms with van der Waals surface area (Å²) in [5, 5.41) is 9.24. The summed E-state index contributed by atoms with van der Waals surface area (Å²) < 4.78 is 181. The number of rotatable bonds is 5. The quantitative estimate of drug-likeness (QED) is 0.513. The SMILES string of the molecule is CC(O)c1ccc(C(F)(F)C(F)(F)C(F)(F)F)cc1C(F)(F)C(F)(F)C(F)(F)F. The van der Waals surface area contributed by atoms with Crippen LogP contribution in [0.15, 0.2) is 18.2 Å². The van der Waals surface area contributed by atoms with E-state index >= 15 is 0 Å². The van der Waals surface area contributed by atoms with Gasteiger partial charge in [-0.3, -0.25) is 0 Å². The Morgan fingerprint density at radius 2 is 1.03 bits per heavy atom.